The molecule has 0 saturated carbocycles. The van der Waals surface area contributed by atoms with Gasteiger partial charge in [0, 0.05) is 32.2 Å². The summed E-state index contributed by atoms with van der Waals surface area (Å²) in [6, 6.07) is 12.9. The van der Waals surface area contributed by atoms with Crippen molar-refractivity contribution in [1.29, 1.82) is 0 Å². The van der Waals surface area contributed by atoms with Gasteiger partial charge in [-0.05, 0) is 73.6 Å². The van der Waals surface area contributed by atoms with Gasteiger partial charge < -0.3 is 42.1 Å². The molecule has 4 atom stereocenters. The summed E-state index contributed by atoms with van der Waals surface area (Å²) in [6.07, 6.45) is -0.947. The van der Waals surface area contributed by atoms with Crippen molar-refractivity contribution in [2.45, 2.75) is 110 Å². The lowest BCUT2D eigenvalue weighted by Crippen LogP contribution is -2.59. The molecule has 294 valence electrons. The molecule has 0 aliphatic carbocycles. The summed E-state index contributed by atoms with van der Waals surface area (Å²) in [5, 5.41) is 23.3. The lowest BCUT2D eigenvalue weighted by Gasteiger charge is -2.39. The summed E-state index contributed by atoms with van der Waals surface area (Å²) in [6.45, 7) is 12.7. The fourth-order valence-electron chi connectivity index (χ4n) is 7.92. The Kier molecular flexibility index (Phi) is 13.0. The Labute approximate surface area is 316 Å². The van der Waals surface area contributed by atoms with Crippen molar-refractivity contribution in [3.63, 3.8) is 0 Å². The number of hydrogen-bond donors (Lipinski definition) is 6. The highest BCUT2D eigenvalue weighted by atomic mass is 16.4. The van der Waals surface area contributed by atoms with E-state index in [1.165, 1.54) is 9.80 Å². The number of nitrogens with two attached hydrogens (primary N) is 2. The maximum atomic E-state index is 13.7. The maximum absolute atomic E-state index is 13.7. The van der Waals surface area contributed by atoms with Gasteiger partial charge in [0.05, 0.1) is 0 Å². The molecule has 0 spiro atoms. The summed E-state index contributed by atoms with van der Waals surface area (Å²) in [5.74, 6) is -3.03. The molecule has 0 radical (unpaired) electrons. The zero-order chi connectivity index (χ0) is 40.1. The Bertz CT molecular complexity index is 1590. The van der Waals surface area contributed by atoms with E-state index in [0.717, 1.165) is 11.1 Å². The SMILES string of the molecule is CC(C)[C@H](NC(=O)O)C(=O)N1CCC[C@@]1(C(N)=O)c1ccc(CN(Cc2ccc([C@]3(C(N)=O)CCCN3C(=O)[C@@H](NC(=O)O)C(C)C)cc2)C(C)C)cc1. The number of hydrogen-bond acceptors (Lipinski definition) is 7. The molecule has 2 fully saturated rings. The van der Waals surface area contributed by atoms with Crippen LogP contribution in [0.15, 0.2) is 48.5 Å². The first-order valence-electron chi connectivity index (χ1n) is 18.5. The van der Waals surface area contributed by atoms with E-state index in [9.17, 15) is 39.0 Å². The second-order valence-electron chi connectivity index (χ2n) is 15.4. The Morgan fingerprint density at radius 2 is 0.981 bits per heavy atom. The van der Waals surface area contributed by atoms with Gasteiger partial charge in [-0.15, -0.1) is 0 Å². The van der Waals surface area contributed by atoms with Crippen molar-refractivity contribution in [2.75, 3.05) is 13.1 Å². The normalized spacial score (nSPS) is 21.1. The summed E-state index contributed by atoms with van der Waals surface area (Å²) in [4.78, 5) is 81.7. The molecule has 2 aromatic rings. The Balaban J connectivity index is 1.55. The predicted molar refractivity (Wildman–Crippen MR) is 200 cm³/mol. The summed E-state index contributed by atoms with van der Waals surface area (Å²) in [7, 11) is 0. The number of rotatable bonds is 15. The van der Waals surface area contributed by atoms with Crippen LogP contribution < -0.4 is 22.1 Å². The maximum Gasteiger partial charge on any atom is 0.405 e. The monoisotopic (exact) mass is 749 g/mol. The summed E-state index contributed by atoms with van der Waals surface area (Å²) >= 11 is 0. The fourth-order valence-corrected chi connectivity index (χ4v) is 7.92. The van der Waals surface area contributed by atoms with Gasteiger partial charge in [-0.3, -0.25) is 24.1 Å². The molecule has 2 heterocycles. The largest absolute Gasteiger partial charge is 0.465 e. The van der Waals surface area contributed by atoms with E-state index in [4.69, 9.17) is 11.5 Å². The van der Waals surface area contributed by atoms with Crippen LogP contribution in [0.4, 0.5) is 9.59 Å². The van der Waals surface area contributed by atoms with Crippen molar-refractivity contribution in [3.05, 3.63) is 70.8 Å². The second kappa shape index (κ2) is 16.9. The van der Waals surface area contributed by atoms with Gasteiger partial charge >= 0.3 is 12.2 Å². The van der Waals surface area contributed by atoms with E-state index in [0.29, 0.717) is 49.9 Å². The van der Waals surface area contributed by atoms with Gasteiger partial charge in [0.15, 0.2) is 0 Å². The predicted octanol–water partition coefficient (Wildman–Crippen LogP) is 3.29. The topological polar surface area (TPSA) is 229 Å². The van der Waals surface area contributed by atoms with E-state index < -0.39 is 59.0 Å². The third kappa shape index (κ3) is 8.30. The first-order valence-corrected chi connectivity index (χ1v) is 18.5. The molecule has 0 bridgehead atoms. The number of amides is 6. The molecule has 0 aromatic heterocycles. The van der Waals surface area contributed by atoms with Crippen molar-refractivity contribution < 1.29 is 39.0 Å². The quantitative estimate of drug-likeness (QED) is 0.157. The van der Waals surface area contributed by atoms with Crippen LogP contribution in [0.3, 0.4) is 0 Å². The van der Waals surface area contributed by atoms with Crippen molar-refractivity contribution in [2.24, 2.45) is 23.3 Å². The zero-order valence-electron chi connectivity index (χ0n) is 32.0. The van der Waals surface area contributed by atoms with Gasteiger partial charge in [0.2, 0.25) is 23.6 Å². The van der Waals surface area contributed by atoms with E-state index in [-0.39, 0.29) is 31.0 Å². The molecule has 8 N–H and O–H groups in total. The Hall–Kier alpha value is -5.18. The molecular weight excluding hydrogens is 694 g/mol. The minimum absolute atomic E-state index is 0.119. The van der Waals surface area contributed by atoms with Gasteiger partial charge in [-0.1, -0.05) is 76.2 Å². The molecular formula is C39H55N7O8. The molecule has 54 heavy (non-hydrogen) atoms. The van der Waals surface area contributed by atoms with E-state index >= 15 is 0 Å². The minimum Gasteiger partial charge on any atom is -0.465 e. The molecule has 15 heteroatoms. The molecule has 2 aliphatic rings. The average Bonchev–Trinajstić information content (AvgIpc) is 3.76. The number of likely N-dealkylation sites (tertiary alicyclic amines) is 2. The molecule has 2 aromatic carbocycles. The number of primary amides is 2. The van der Waals surface area contributed by atoms with E-state index in [2.05, 4.69) is 29.4 Å². The number of benzene rings is 2. The zero-order valence-corrected chi connectivity index (χ0v) is 32.0. The van der Waals surface area contributed by atoms with Crippen LogP contribution in [0, 0.1) is 11.8 Å². The van der Waals surface area contributed by atoms with Crippen molar-refractivity contribution in [1.82, 2.24) is 25.3 Å². The molecule has 4 rings (SSSR count). The summed E-state index contributed by atoms with van der Waals surface area (Å²) in [5.41, 5.74) is 12.2. The van der Waals surface area contributed by atoms with Gasteiger partial charge in [0.1, 0.15) is 23.2 Å². The smallest absolute Gasteiger partial charge is 0.405 e. The van der Waals surface area contributed by atoms with Crippen LogP contribution in [0.1, 0.15) is 89.5 Å². The Morgan fingerprint density at radius 1 is 0.648 bits per heavy atom. The van der Waals surface area contributed by atoms with E-state index in [1.807, 2.05) is 48.5 Å². The lowest BCUT2D eigenvalue weighted by molar-refractivity contribution is -0.146. The number of nitrogens with zero attached hydrogens (tertiary/aromatic N) is 3. The average molecular weight is 750 g/mol. The first-order chi connectivity index (χ1) is 25.4. The number of carbonyl (C=O) groups is 6. The standard InChI is InChI=1S/C39H55N7O8/c1-23(2)30(42-36(51)52)32(47)45-19-7-17-38(45,34(40)49)28-13-9-26(10-14-28)21-44(25(5)6)22-27-11-15-29(16-12-27)39(35(41)50)18-8-20-46(39)33(48)31(24(3)4)43-37(53)54/h9-16,23-25,30-31,42-43H,7-8,17-22H2,1-6H3,(H2,40,49)(H2,41,50)(H,51,52)(H,53,54)/t30-,31-,38-,39-/m0/s1. The van der Waals surface area contributed by atoms with E-state index in [1.54, 1.807) is 27.7 Å². The van der Waals surface area contributed by atoms with Gasteiger partial charge in [-0.2, -0.15) is 0 Å². The molecule has 2 aliphatic heterocycles. The van der Waals surface area contributed by atoms with Crippen molar-refractivity contribution >= 4 is 35.8 Å². The fraction of sp³-hybridized carbons (Fsp3) is 0.538. The summed E-state index contributed by atoms with van der Waals surface area (Å²) < 4.78 is 0. The third-order valence-electron chi connectivity index (χ3n) is 10.9. The number of carbonyl (C=O) groups excluding carboxylic acids is 4. The highest BCUT2D eigenvalue weighted by molar-refractivity contribution is 5.96. The van der Waals surface area contributed by atoms with Crippen LogP contribution >= 0.6 is 0 Å². The molecule has 0 unspecified atom stereocenters. The van der Waals surface area contributed by atoms with Crippen molar-refractivity contribution in [3.8, 4) is 0 Å². The Morgan fingerprint density at radius 3 is 1.24 bits per heavy atom. The second-order valence-corrected chi connectivity index (χ2v) is 15.4. The third-order valence-corrected chi connectivity index (χ3v) is 10.9. The van der Waals surface area contributed by atoms with Crippen LogP contribution in [-0.2, 0) is 43.3 Å². The highest BCUT2D eigenvalue weighted by Gasteiger charge is 2.53. The molecule has 6 amide bonds. The lowest BCUT2D eigenvalue weighted by atomic mass is 9.85. The van der Waals surface area contributed by atoms with Gasteiger partial charge in [0.25, 0.3) is 0 Å². The molecule has 2 saturated heterocycles. The van der Waals surface area contributed by atoms with Gasteiger partial charge in [-0.25, -0.2) is 9.59 Å². The molecule has 15 nitrogen and oxygen atoms in total. The number of carboxylic acid groups (broad SMARTS) is 2. The number of nitrogens with one attached hydrogen (secondary N) is 2. The highest BCUT2D eigenvalue weighted by Crippen LogP contribution is 2.41. The van der Waals surface area contributed by atoms with Crippen LogP contribution in [0.2, 0.25) is 0 Å². The van der Waals surface area contributed by atoms with Crippen LogP contribution in [0.25, 0.3) is 0 Å². The van der Waals surface area contributed by atoms with Crippen LogP contribution in [0.5, 0.6) is 0 Å². The van der Waals surface area contributed by atoms with Crippen LogP contribution in [-0.4, -0.2) is 91.9 Å². The minimum atomic E-state index is -1.41. The first kappa shape index (κ1) is 41.6.